The largest absolute Gasteiger partial charge is 0.464 e. The third-order valence-corrected chi connectivity index (χ3v) is 3.75. The van der Waals surface area contributed by atoms with Gasteiger partial charge in [-0.1, -0.05) is 13.0 Å². The van der Waals surface area contributed by atoms with E-state index < -0.39 is 0 Å². The molecule has 0 bridgehead atoms. The van der Waals surface area contributed by atoms with Crippen LogP contribution in [0.3, 0.4) is 0 Å². The van der Waals surface area contributed by atoms with Gasteiger partial charge in [-0.3, -0.25) is 0 Å². The Morgan fingerprint density at radius 3 is 2.68 bits per heavy atom. The van der Waals surface area contributed by atoms with Crippen molar-refractivity contribution in [2.45, 2.75) is 25.8 Å². The van der Waals surface area contributed by atoms with Crippen LogP contribution in [0.1, 0.15) is 30.0 Å². The van der Waals surface area contributed by atoms with Crippen LogP contribution in [0.15, 0.2) is 39.2 Å². The molecule has 19 heavy (non-hydrogen) atoms. The highest BCUT2D eigenvalue weighted by Crippen LogP contribution is 2.23. The van der Waals surface area contributed by atoms with Gasteiger partial charge in [-0.25, -0.2) is 4.39 Å². The van der Waals surface area contributed by atoms with Crippen LogP contribution in [-0.2, 0) is 12.8 Å². The molecule has 2 aromatic rings. The Balaban J connectivity index is 2.16. The second kappa shape index (κ2) is 6.35. The van der Waals surface area contributed by atoms with Gasteiger partial charge in [0.2, 0.25) is 0 Å². The highest BCUT2D eigenvalue weighted by Gasteiger charge is 2.15. The quantitative estimate of drug-likeness (QED) is 0.889. The number of furan rings is 1. The molecule has 0 spiro atoms. The second-order valence-corrected chi connectivity index (χ2v) is 5.31. The van der Waals surface area contributed by atoms with E-state index in [-0.39, 0.29) is 11.9 Å². The van der Waals surface area contributed by atoms with E-state index in [9.17, 15) is 4.39 Å². The number of hydrogen-bond donors (Lipinski definition) is 1. The van der Waals surface area contributed by atoms with E-state index in [1.165, 1.54) is 6.07 Å². The number of nitrogens with one attached hydrogen (secondary N) is 1. The molecule has 0 amide bonds. The van der Waals surface area contributed by atoms with Crippen LogP contribution in [0.25, 0.3) is 0 Å². The first-order chi connectivity index (χ1) is 9.13. The van der Waals surface area contributed by atoms with Crippen LogP contribution in [0.5, 0.6) is 0 Å². The van der Waals surface area contributed by atoms with E-state index in [1.54, 1.807) is 6.07 Å². The maximum Gasteiger partial charge on any atom is 0.137 e. The molecule has 0 saturated heterocycles. The third kappa shape index (κ3) is 3.45. The first-order valence-corrected chi connectivity index (χ1v) is 7.13. The summed E-state index contributed by atoms with van der Waals surface area (Å²) >= 11 is 3.21. The zero-order valence-corrected chi connectivity index (χ0v) is 12.6. The number of likely N-dealkylation sites (N-methyl/N-ethyl adjacent to an activating group) is 1. The van der Waals surface area contributed by atoms with Crippen LogP contribution in [-0.4, -0.2) is 7.05 Å². The number of aryl methyl sites for hydroxylation is 1. The Morgan fingerprint density at radius 2 is 2.11 bits per heavy atom. The summed E-state index contributed by atoms with van der Waals surface area (Å²) in [5, 5.41) is 3.24. The average molecular weight is 326 g/mol. The lowest BCUT2D eigenvalue weighted by Gasteiger charge is -2.14. The SMILES string of the molecule is CCc1ccc(C(Cc2ccc(F)c(Br)c2)NC)o1. The fraction of sp³-hybridized carbons (Fsp3) is 0.333. The van der Waals surface area contributed by atoms with Crippen LogP contribution in [0.4, 0.5) is 4.39 Å². The summed E-state index contributed by atoms with van der Waals surface area (Å²) in [7, 11) is 1.90. The molecule has 2 nitrogen and oxygen atoms in total. The Labute approximate surface area is 121 Å². The molecule has 4 heteroatoms. The first kappa shape index (κ1) is 14.3. The van der Waals surface area contributed by atoms with Gasteiger partial charge in [-0.15, -0.1) is 0 Å². The van der Waals surface area contributed by atoms with Crippen molar-refractivity contribution in [1.29, 1.82) is 0 Å². The highest BCUT2D eigenvalue weighted by atomic mass is 79.9. The number of rotatable bonds is 5. The van der Waals surface area contributed by atoms with Crippen LogP contribution >= 0.6 is 15.9 Å². The highest BCUT2D eigenvalue weighted by molar-refractivity contribution is 9.10. The van der Waals surface area contributed by atoms with Crippen LogP contribution in [0, 0.1) is 5.82 Å². The van der Waals surface area contributed by atoms with E-state index in [2.05, 4.69) is 28.2 Å². The molecule has 1 heterocycles. The van der Waals surface area contributed by atoms with E-state index in [0.717, 1.165) is 29.9 Å². The fourth-order valence-electron chi connectivity index (χ4n) is 2.02. The van der Waals surface area contributed by atoms with Crippen LogP contribution in [0.2, 0.25) is 0 Å². The number of hydrogen-bond acceptors (Lipinski definition) is 2. The van der Waals surface area contributed by atoms with Crippen molar-refractivity contribution < 1.29 is 8.81 Å². The lowest BCUT2D eigenvalue weighted by atomic mass is 10.0. The molecule has 0 aliphatic carbocycles. The second-order valence-electron chi connectivity index (χ2n) is 4.45. The van der Waals surface area contributed by atoms with Crippen molar-refractivity contribution in [2.24, 2.45) is 0 Å². The summed E-state index contributed by atoms with van der Waals surface area (Å²) < 4.78 is 19.5. The topological polar surface area (TPSA) is 25.2 Å². The van der Waals surface area contributed by atoms with Gasteiger partial charge in [0.25, 0.3) is 0 Å². The maximum absolute atomic E-state index is 13.2. The molecule has 0 aliphatic rings. The third-order valence-electron chi connectivity index (χ3n) is 3.15. The predicted molar refractivity (Wildman–Crippen MR) is 77.7 cm³/mol. The van der Waals surface area contributed by atoms with E-state index >= 15 is 0 Å². The fourth-order valence-corrected chi connectivity index (χ4v) is 2.45. The van der Waals surface area contributed by atoms with E-state index in [1.807, 2.05) is 25.2 Å². The molecule has 102 valence electrons. The van der Waals surface area contributed by atoms with E-state index in [0.29, 0.717) is 4.47 Å². The van der Waals surface area contributed by atoms with Crippen molar-refractivity contribution in [3.05, 3.63) is 57.7 Å². The van der Waals surface area contributed by atoms with Gasteiger partial charge in [0.1, 0.15) is 17.3 Å². The van der Waals surface area contributed by atoms with Gasteiger partial charge in [-0.2, -0.15) is 0 Å². The Morgan fingerprint density at radius 1 is 1.32 bits per heavy atom. The summed E-state index contributed by atoms with van der Waals surface area (Å²) in [6.45, 7) is 2.06. The van der Waals surface area contributed by atoms with Gasteiger partial charge in [0.05, 0.1) is 10.5 Å². The molecule has 1 N–H and O–H groups in total. The van der Waals surface area contributed by atoms with Crippen molar-refractivity contribution in [3.8, 4) is 0 Å². The number of benzene rings is 1. The lowest BCUT2D eigenvalue weighted by molar-refractivity contribution is 0.407. The molecule has 1 atom stereocenters. The molecule has 0 radical (unpaired) electrons. The molecule has 1 aromatic heterocycles. The predicted octanol–water partition coefficient (Wildman–Crippen LogP) is 4.25. The smallest absolute Gasteiger partial charge is 0.137 e. The van der Waals surface area contributed by atoms with Crippen molar-refractivity contribution in [3.63, 3.8) is 0 Å². The molecule has 2 rings (SSSR count). The minimum atomic E-state index is -0.240. The minimum Gasteiger partial charge on any atom is -0.464 e. The maximum atomic E-state index is 13.2. The number of halogens is 2. The van der Waals surface area contributed by atoms with Crippen LogP contribution < -0.4 is 5.32 Å². The molecule has 0 aliphatic heterocycles. The van der Waals surface area contributed by atoms with Crippen molar-refractivity contribution >= 4 is 15.9 Å². The summed E-state index contributed by atoms with van der Waals surface area (Å²) in [6.07, 6.45) is 1.64. The van der Waals surface area contributed by atoms with Gasteiger partial charge >= 0.3 is 0 Å². The van der Waals surface area contributed by atoms with Crippen molar-refractivity contribution in [2.75, 3.05) is 7.05 Å². The summed E-state index contributed by atoms with van der Waals surface area (Å²) in [5.74, 6) is 1.66. The zero-order valence-electron chi connectivity index (χ0n) is 11.0. The van der Waals surface area contributed by atoms with Gasteiger partial charge < -0.3 is 9.73 Å². The summed E-state index contributed by atoms with van der Waals surface area (Å²) in [6, 6.07) is 9.18. The lowest BCUT2D eigenvalue weighted by Crippen LogP contribution is -2.18. The minimum absolute atomic E-state index is 0.0951. The summed E-state index contributed by atoms with van der Waals surface area (Å²) in [4.78, 5) is 0. The Bertz CT molecular complexity index is 553. The standard InChI is InChI=1S/C15H17BrFNO/c1-3-11-5-7-15(19-11)14(18-2)9-10-4-6-13(17)12(16)8-10/h4-8,14,18H,3,9H2,1-2H3. The first-order valence-electron chi connectivity index (χ1n) is 6.33. The Hall–Kier alpha value is -1.13. The zero-order chi connectivity index (χ0) is 13.8. The van der Waals surface area contributed by atoms with Gasteiger partial charge in [-0.05, 0) is 59.2 Å². The molecule has 1 unspecified atom stereocenters. The van der Waals surface area contributed by atoms with Gasteiger partial charge in [0.15, 0.2) is 0 Å². The van der Waals surface area contributed by atoms with Gasteiger partial charge in [0, 0.05) is 6.42 Å². The molecule has 1 aromatic carbocycles. The molecular formula is C15H17BrFNO. The monoisotopic (exact) mass is 325 g/mol. The van der Waals surface area contributed by atoms with E-state index in [4.69, 9.17) is 4.42 Å². The Kier molecular flexibility index (Phi) is 4.77. The molecule has 0 saturated carbocycles. The average Bonchev–Trinajstić information content (AvgIpc) is 2.88. The summed E-state index contributed by atoms with van der Waals surface area (Å²) in [5.41, 5.74) is 1.06. The molecule has 0 fully saturated rings. The normalized spacial score (nSPS) is 12.6. The molecular weight excluding hydrogens is 309 g/mol. The van der Waals surface area contributed by atoms with Crippen molar-refractivity contribution in [1.82, 2.24) is 5.32 Å².